The molecule has 3 heteroatoms. The number of rotatable bonds is 4. The number of hydrogen-bond acceptors (Lipinski definition) is 2. The molecule has 0 bridgehead atoms. The summed E-state index contributed by atoms with van der Waals surface area (Å²) in [4.78, 5) is 14.2. The summed E-state index contributed by atoms with van der Waals surface area (Å²) in [5.41, 5.74) is 2.60. The van der Waals surface area contributed by atoms with Crippen molar-refractivity contribution in [2.24, 2.45) is 0 Å². The summed E-state index contributed by atoms with van der Waals surface area (Å²) in [5.74, 6) is 0.273. The minimum absolute atomic E-state index is 0.273. The van der Waals surface area contributed by atoms with Crippen LogP contribution < -0.4 is 5.32 Å². The van der Waals surface area contributed by atoms with Crippen LogP contribution in [0.5, 0.6) is 0 Å². The molecule has 2 rings (SSSR count). The summed E-state index contributed by atoms with van der Waals surface area (Å²) < 4.78 is 0. The standard InChI is InChI=1S/C15H22N2O/c1-12-6-3-4-7-13(12)14-8-5-11-17(14)15(18)9-10-16-2/h3-4,6-7,14,16H,5,8-11H2,1-2H3/t14-/m0/s1. The Morgan fingerprint density at radius 1 is 1.44 bits per heavy atom. The maximum atomic E-state index is 12.2. The van der Waals surface area contributed by atoms with Gasteiger partial charge in [-0.05, 0) is 37.9 Å². The van der Waals surface area contributed by atoms with Gasteiger partial charge in [0.15, 0.2) is 0 Å². The van der Waals surface area contributed by atoms with E-state index in [0.29, 0.717) is 6.42 Å². The first kappa shape index (κ1) is 13.1. The number of hydrogen-bond donors (Lipinski definition) is 1. The minimum atomic E-state index is 0.273. The number of carbonyl (C=O) groups is 1. The third-order valence-electron chi connectivity index (χ3n) is 3.71. The molecule has 1 aliphatic rings. The van der Waals surface area contributed by atoms with Crippen molar-refractivity contribution in [3.63, 3.8) is 0 Å². The summed E-state index contributed by atoms with van der Waals surface area (Å²) >= 11 is 0. The highest BCUT2D eigenvalue weighted by Gasteiger charge is 2.29. The Morgan fingerprint density at radius 2 is 2.22 bits per heavy atom. The van der Waals surface area contributed by atoms with E-state index in [4.69, 9.17) is 0 Å². The second-order valence-corrected chi connectivity index (χ2v) is 4.96. The lowest BCUT2D eigenvalue weighted by Crippen LogP contribution is -2.32. The number of aryl methyl sites for hydroxylation is 1. The molecular formula is C15H22N2O. The highest BCUT2D eigenvalue weighted by atomic mass is 16.2. The van der Waals surface area contributed by atoms with Gasteiger partial charge in [-0.2, -0.15) is 0 Å². The third kappa shape index (κ3) is 2.72. The Morgan fingerprint density at radius 3 is 2.94 bits per heavy atom. The van der Waals surface area contributed by atoms with E-state index >= 15 is 0 Å². The van der Waals surface area contributed by atoms with Crippen molar-refractivity contribution in [2.45, 2.75) is 32.2 Å². The summed E-state index contributed by atoms with van der Waals surface area (Å²) in [6.45, 7) is 3.79. The molecule has 3 nitrogen and oxygen atoms in total. The molecule has 0 saturated carbocycles. The van der Waals surface area contributed by atoms with Crippen LogP contribution in [0.25, 0.3) is 0 Å². The number of likely N-dealkylation sites (tertiary alicyclic amines) is 1. The Balaban J connectivity index is 2.12. The summed E-state index contributed by atoms with van der Waals surface area (Å²) in [7, 11) is 1.89. The van der Waals surface area contributed by atoms with Gasteiger partial charge >= 0.3 is 0 Å². The number of amides is 1. The average molecular weight is 246 g/mol. The molecule has 1 aromatic rings. The molecule has 18 heavy (non-hydrogen) atoms. The molecule has 1 aliphatic heterocycles. The van der Waals surface area contributed by atoms with Crippen molar-refractivity contribution in [3.8, 4) is 0 Å². The summed E-state index contributed by atoms with van der Waals surface area (Å²) in [5, 5.41) is 3.04. The monoisotopic (exact) mass is 246 g/mol. The van der Waals surface area contributed by atoms with Gasteiger partial charge in [0.2, 0.25) is 5.91 Å². The Hall–Kier alpha value is -1.35. The van der Waals surface area contributed by atoms with Gasteiger partial charge in [-0.25, -0.2) is 0 Å². The lowest BCUT2D eigenvalue weighted by Gasteiger charge is -2.26. The Kier molecular flexibility index (Phi) is 4.37. The number of nitrogens with zero attached hydrogens (tertiary/aromatic N) is 1. The van der Waals surface area contributed by atoms with E-state index in [-0.39, 0.29) is 11.9 Å². The molecule has 1 N–H and O–H groups in total. The lowest BCUT2D eigenvalue weighted by molar-refractivity contribution is -0.132. The smallest absolute Gasteiger partial charge is 0.224 e. The molecule has 98 valence electrons. The van der Waals surface area contributed by atoms with Crippen molar-refractivity contribution in [2.75, 3.05) is 20.1 Å². The van der Waals surface area contributed by atoms with E-state index in [0.717, 1.165) is 25.9 Å². The maximum Gasteiger partial charge on any atom is 0.224 e. The predicted molar refractivity (Wildman–Crippen MR) is 73.4 cm³/mol. The van der Waals surface area contributed by atoms with Gasteiger partial charge in [0.05, 0.1) is 6.04 Å². The molecule has 1 amide bonds. The lowest BCUT2D eigenvalue weighted by atomic mass is 9.99. The van der Waals surface area contributed by atoms with E-state index in [9.17, 15) is 4.79 Å². The van der Waals surface area contributed by atoms with Crippen molar-refractivity contribution < 1.29 is 4.79 Å². The van der Waals surface area contributed by atoms with Gasteiger partial charge in [0.25, 0.3) is 0 Å². The van der Waals surface area contributed by atoms with Crippen LogP contribution in [0, 0.1) is 6.92 Å². The van der Waals surface area contributed by atoms with Crippen LogP contribution in [-0.4, -0.2) is 30.9 Å². The van der Waals surface area contributed by atoms with Gasteiger partial charge in [0.1, 0.15) is 0 Å². The van der Waals surface area contributed by atoms with E-state index in [1.165, 1.54) is 11.1 Å². The Labute approximate surface area is 109 Å². The SMILES string of the molecule is CNCCC(=O)N1CCC[C@H]1c1ccccc1C. The topological polar surface area (TPSA) is 32.3 Å². The molecule has 0 aromatic heterocycles. The quantitative estimate of drug-likeness (QED) is 0.884. The molecule has 1 saturated heterocycles. The fourth-order valence-electron chi connectivity index (χ4n) is 2.72. The predicted octanol–water partition coefficient (Wildman–Crippen LogP) is 2.27. The maximum absolute atomic E-state index is 12.2. The zero-order chi connectivity index (χ0) is 13.0. The number of nitrogens with one attached hydrogen (secondary N) is 1. The first-order valence-electron chi connectivity index (χ1n) is 6.73. The van der Waals surface area contributed by atoms with Gasteiger partial charge < -0.3 is 10.2 Å². The number of carbonyl (C=O) groups excluding carboxylic acids is 1. The normalized spacial score (nSPS) is 19.2. The number of benzene rings is 1. The van der Waals surface area contributed by atoms with Crippen molar-refractivity contribution >= 4 is 5.91 Å². The molecule has 0 unspecified atom stereocenters. The first-order chi connectivity index (χ1) is 8.74. The molecule has 0 spiro atoms. The van der Waals surface area contributed by atoms with Gasteiger partial charge in [-0.15, -0.1) is 0 Å². The van der Waals surface area contributed by atoms with Gasteiger partial charge in [0, 0.05) is 19.5 Å². The van der Waals surface area contributed by atoms with Crippen molar-refractivity contribution in [3.05, 3.63) is 35.4 Å². The second-order valence-electron chi connectivity index (χ2n) is 4.96. The molecule has 0 radical (unpaired) electrons. The first-order valence-corrected chi connectivity index (χ1v) is 6.73. The van der Waals surface area contributed by atoms with E-state index in [1.807, 2.05) is 7.05 Å². The molecule has 1 fully saturated rings. The van der Waals surface area contributed by atoms with Crippen molar-refractivity contribution in [1.82, 2.24) is 10.2 Å². The van der Waals surface area contributed by atoms with Crippen LogP contribution in [0.3, 0.4) is 0 Å². The zero-order valence-corrected chi connectivity index (χ0v) is 11.3. The minimum Gasteiger partial charge on any atom is -0.336 e. The fourth-order valence-corrected chi connectivity index (χ4v) is 2.72. The van der Waals surface area contributed by atoms with Crippen molar-refractivity contribution in [1.29, 1.82) is 0 Å². The Bertz CT molecular complexity index is 417. The highest BCUT2D eigenvalue weighted by molar-refractivity contribution is 5.77. The van der Waals surface area contributed by atoms with Crippen LogP contribution in [-0.2, 0) is 4.79 Å². The van der Waals surface area contributed by atoms with E-state index < -0.39 is 0 Å². The van der Waals surface area contributed by atoms with E-state index in [1.54, 1.807) is 0 Å². The molecule has 1 heterocycles. The molecule has 0 aliphatic carbocycles. The molecule has 1 atom stereocenters. The highest BCUT2D eigenvalue weighted by Crippen LogP contribution is 2.33. The third-order valence-corrected chi connectivity index (χ3v) is 3.71. The zero-order valence-electron chi connectivity index (χ0n) is 11.3. The van der Waals surface area contributed by atoms with Crippen LogP contribution in [0.1, 0.15) is 36.4 Å². The largest absolute Gasteiger partial charge is 0.336 e. The summed E-state index contributed by atoms with van der Waals surface area (Å²) in [6.07, 6.45) is 2.80. The average Bonchev–Trinajstić information content (AvgIpc) is 2.85. The van der Waals surface area contributed by atoms with E-state index in [2.05, 4.69) is 41.4 Å². The van der Waals surface area contributed by atoms with Gasteiger partial charge in [-0.3, -0.25) is 4.79 Å². The second kappa shape index (κ2) is 6.01. The van der Waals surface area contributed by atoms with Crippen LogP contribution in [0.2, 0.25) is 0 Å². The molecular weight excluding hydrogens is 224 g/mol. The van der Waals surface area contributed by atoms with Crippen LogP contribution in [0.4, 0.5) is 0 Å². The van der Waals surface area contributed by atoms with Crippen LogP contribution in [0.15, 0.2) is 24.3 Å². The van der Waals surface area contributed by atoms with Crippen LogP contribution >= 0.6 is 0 Å². The molecule has 1 aromatic carbocycles. The fraction of sp³-hybridized carbons (Fsp3) is 0.533. The summed E-state index contributed by atoms with van der Waals surface area (Å²) in [6, 6.07) is 8.70. The van der Waals surface area contributed by atoms with Gasteiger partial charge in [-0.1, -0.05) is 24.3 Å².